The van der Waals surface area contributed by atoms with E-state index in [1.54, 1.807) is 0 Å². The summed E-state index contributed by atoms with van der Waals surface area (Å²) in [6, 6.07) is -1.04. The number of halogens is 3. The van der Waals surface area contributed by atoms with Crippen molar-refractivity contribution in [3.63, 3.8) is 0 Å². The van der Waals surface area contributed by atoms with Crippen LogP contribution >= 0.6 is 0 Å². The van der Waals surface area contributed by atoms with E-state index in [0.29, 0.717) is 0 Å². The molecule has 0 aromatic heterocycles. The number of aliphatic carboxylic acids is 1. The fourth-order valence-corrected chi connectivity index (χ4v) is 0.948. The third-order valence-electron chi connectivity index (χ3n) is 1.68. The number of ether oxygens (including phenoxy) is 1. The summed E-state index contributed by atoms with van der Waals surface area (Å²) in [6.07, 6.45) is -6.33. The molecule has 76 valence electrons. The minimum absolute atomic E-state index is 0.459. The van der Waals surface area contributed by atoms with Crippen molar-refractivity contribution < 1.29 is 27.8 Å². The van der Waals surface area contributed by atoms with Crippen molar-refractivity contribution >= 4 is 5.97 Å². The van der Waals surface area contributed by atoms with Crippen LogP contribution in [0.15, 0.2) is 0 Å². The molecule has 0 aromatic carbocycles. The number of nitrogens with one attached hydrogen (secondary N) is 1. The number of rotatable bonds is 1. The minimum atomic E-state index is -4.43. The molecule has 2 N–H and O–H groups in total. The van der Waals surface area contributed by atoms with E-state index in [2.05, 4.69) is 10.1 Å². The van der Waals surface area contributed by atoms with Crippen LogP contribution in [0.1, 0.15) is 0 Å². The van der Waals surface area contributed by atoms with Gasteiger partial charge >= 0.3 is 12.1 Å². The molecule has 1 aliphatic heterocycles. The van der Waals surface area contributed by atoms with Crippen LogP contribution < -0.4 is 5.32 Å². The number of carboxylic acids is 1. The second kappa shape index (κ2) is 3.51. The van der Waals surface area contributed by atoms with E-state index in [1.165, 1.54) is 0 Å². The van der Waals surface area contributed by atoms with Gasteiger partial charge in [-0.25, -0.2) is 0 Å². The highest BCUT2D eigenvalue weighted by atomic mass is 19.4. The van der Waals surface area contributed by atoms with Gasteiger partial charge in [-0.05, 0) is 0 Å². The molecular formula is C6H8F3NO3. The molecule has 2 atom stereocenters. The van der Waals surface area contributed by atoms with Crippen molar-refractivity contribution in [1.82, 2.24) is 5.32 Å². The minimum Gasteiger partial charge on any atom is -0.480 e. The molecule has 1 saturated heterocycles. The molecule has 1 rings (SSSR count). The molecule has 13 heavy (non-hydrogen) atoms. The van der Waals surface area contributed by atoms with Gasteiger partial charge in [0, 0.05) is 6.54 Å². The maximum absolute atomic E-state index is 12.0. The summed E-state index contributed by atoms with van der Waals surface area (Å²) in [5, 5.41) is 10.6. The van der Waals surface area contributed by atoms with E-state index >= 15 is 0 Å². The SMILES string of the molecule is O=C(O)[C@@H]1CO[C@H](C(F)(F)F)CN1. The van der Waals surface area contributed by atoms with Crippen LogP contribution in [0.25, 0.3) is 0 Å². The summed E-state index contributed by atoms with van der Waals surface area (Å²) in [5.74, 6) is -1.21. The highest BCUT2D eigenvalue weighted by molar-refractivity contribution is 5.73. The summed E-state index contributed by atoms with van der Waals surface area (Å²) >= 11 is 0. The number of hydrogen-bond donors (Lipinski definition) is 2. The van der Waals surface area contributed by atoms with Gasteiger partial charge in [0.05, 0.1) is 6.61 Å². The third kappa shape index (κ3) is 2.56. The number of carbonyl (C=O) groups is 1. The van der Waals surface area contributed by atoms with Crippen LogP contribution in [-0.2, 0) is 9.53 Å². The maximum atomic E-state index is 12.0. The molecule has 0 unspecified atom stereocenters. The van der Waals surface area contributed by atoms with Gasteiger partial charge in [-0.2, -0.15) is 13.2 Å². The normalized spacial score (nSPS) is 30.1. The molecule has 0 aromatic rings. The molecular weight excluding hydrogens is 191 g/mol. The lowest BCUT2D eigenvalue weighted by molar-refractivity contribution is -0.229. The molecule has 0 aliphatic carbocycles. The summed E-state index contributed by atoms with van der Waals surface area (Å²) in [4.78, 5) is 10.3. The van der Waals surface area contributed by atoms with Gasteiger partial charge in [-0.1, -0.05) is 0 Å². The Bertz CT molecular complexity index is 198. The Hall–Kier alpha value is -0.820. The number of alkyl halides is 3. The monoisotopic (exact) mass is 199 g/mol. The van der Waals surface area contributed by atoms with Crippen molar-refractivity contribution in [2.45, 2.75) is 18.3 Å². The highest BCUT2D eigenvalue weighted by Gasteiger charge is 2.43. The van der Waals surface area contributed by atoms with E-state index in [-0.39, 0.29) is 0 Å². The van der Waals surface area contributed by atoms with Gasteiger partial charge < -0.3 is 9.84 Å². The first-order chi connectivity index (χ1) is 5.91. The summed E-state index contributed by atoms with van der Waals surface area (Å²) < 4.78 is 40.2. The summed E-state index contributed by atoms with van der Waals surface area (Å²) in [5.41, 5.74) is 0. The average molecular weight is 199 g/mol. The predicted molar refractivity (Wildman–Crippen MR) is 35.2 cm³/mol. The molecule has 0 amide bonds. The standard InChI is InChI=1S/C6H8F3NO3/c7-6(8,9)4-1-10-3(2-13-4)5(11)12/h3-4,10H,1-2H2,(H,11,12)/t3-,4-/m0/s1. The van der Waals surface area contributed by atoms with Crippen LogP contribution in [0.4, 0.5) is 13.2 Å². The van der Waals surface area contributed by atoms with Gasteiger partial charge in [-0.3, -0.25) is 10.1 Å². The Kier molecular flexibility index (Phi) is 2.77. The molecule has 0 radical (unpaired) electrons. The van der Waals surface area contributed by atoms with Crippen LogP contribution in [0.2, 0.25) is 0 Å². The van der Waals surface area contributed by atoms with Crippen LogP contribution in [-0.4, -0.2) is 42.5 Å². The zero-order valence-corrected chi connectivity index (χ0v) is 6.47. The fourth-order valence-electron chi connectivity index (χ4n) is 0.948. The van der Waals surface area contributed by atoms with E-state index in [4.69, 9.17) is 5.11 Å². The zero-order chi connectivity index (χ0) is 10.1. The lowest BCUT2D eigenvalue weighted by Crippen LogP contribution is -2.54. The summed E-state index contributed by atoms with van der Waals surface area (Å²) in [7, 11) is 0. The van der Waals surface area contributed by atoms with Crippen molar-refractivity contribution in [1.29, 1.82) is 0 Å². The quantitative estimate of drug-likeness (QED) is 0.623. The third-order valence-corrected chi connectivity index (χ3v) is 1.68. The second-order valence-electron chi connectivity index (χ2n) is 2.66. The van der Waals surface area contributed by atoms with Gasteiger partial charge in [0.25, 0.3) is 0 Å². The van der Waals surface area contributed by atoms with Gasteiger partial charge in [0.2, 0.25) is 0 Å². The van der Waals surface area contributed by atoms with Crippen LogP contribution in [0.3, 0.4) is 0 Å². The highest BCUT2D eigenvalue weighted by Crippen LogP contribution is 2.24. The first-order valence-corrected chi connectivity index (χ1v) is 3.56. The van der Waals surface area contributed by atoms with Gasteiger partial charge in [-0.15, -0.1) is 0 Å². The van der Waals surface area contributed by atoms with Crippen molar-refractivity contribution in [2.75, 3.05) is 13.2 Å². The molecule has 1 fully saturated rings. The molecule has 0 bridgehead atoms. The Morgan fingerprint density at radius 3 is 2.46 bits per heavy atom. The number of carboxylic acid groups (broad SMARTS) is 1. The molecule has 1 heterocycles. The molecule has 4 nitrogen and oxygen atoms in total. The Labute approximate surface area is 71.7 Å². The van der Waals surface area contributed by atoms with E-state index in [1.807, 2.05) is 0 Å². The molecule has 0 saturated carbocycles. The molecule has 0 spiro atoms. The maximum Gasteiger partial charge on any atom is 0.415 e. The number of hydrogen-bond acceptors (Lipinski definition) is 3. The largest absolute Gasteiger partial charge is 0.480 e. The summed E-state index contributed by atoms with van der Waals surface area (Å²) in [6.45, 7) is -0.972. The Balaban J connectivity index is 2.44. The predicted octanol–water partition coefficient (Wildman–Crippen LogP) is -0.00970. The van der Waals surface area contributed by atoms with E-state index in [0.717, 1.165) is 0 Å². The lowest BCUT2D eigenvalue weighted by Gasteiger charge is -2.29. The van der Waals surface area contributed by atoms with Gasteiger partial charge in [0.15, 0.2) is 6.10 Å². The first kappa shape index (κ1) is 10.3. The van der Waals surface area contributed by atoms with E-state index < -0.39 is 37.4 Å². The van der Waals surface area contributed by atoms with Crippen molar-refractivity contribution in [2.24, 2.45) is 0 Å². The van der Waals surface area contributed by atoms with E-state index in [9.17, 15) is 18.0 Å². The zero-order valence-electron chi connectivity index (χ0n) is 6.47. The topological polar surface area (TPSA) is 58.6 Å². The molecule has 1 aliphatic rings. The smallest absolute Gasteiger partial charge is 0.415 e. The molecule has 7 heteroatoms. The van der Waals surface area contributed by atoms with Crippen LogP contribution in [0, 0.1) is 0 Å². The van der Waals surface area contributed by atoms with Crippen molar-refractivity contribution in [3.05, 3.63) is 0 Å². The average Bonchev–Trinajstić information content (AvgIpc) is 2.03. The Morgan fingerprint density at radius 2 is 2.15 bits per heavy atom. The Morgan fingerprint density at radius 1 is 1.54 bits per heavy atom. The first-order valence-electron chi connectivity index (χ1n) is 3.56. The second-order valence-corrected chi connectivity index (χ2v) is 2.66. The fraction of sp³-hybridized carbons (Fsp3) is 0.833. The number of morpholine rings is 1. The lowest BCUT2D eigenvalue weighted by atomic mass is 10.2. The van der Waals surface area contributed by atoms with Crippen LogP contribution in [0.5, 0.6) is 0 Å². The van der Waals surface area contributed by atoms with Gasteiger partial charge in [0.1, 0.15) is 6.04 Å². The van der Waals surface area contributed by atoms with Crippen molar-refractivity contribution in [3.8, 4) is 0 Å².